The van der Waals surface area contributed by atoms with Crippen LogP contribution in [-0.4, -0.2) is 26.3 Å². The number of hydrogen-bond donors (Lipinski definition) is 1. The summed E-state index contributed by atoms with van der Waals surface area (Å²) in [6, 6.07) is 9.14. The molecule has 1 fully saturated rings. The number of carbonyl (C=O) groups is 1. The van der Waals surface area contributed by atoms with E-state index < -0.39 is 22.1 Å². The number of halogens is 1. The number of amides is 1. The Morgan fingerprint density at radius 2 is 2.00 bits per heavy atom. The Labute approximate surface area is 123 Å². The van der Waals surface area contributed by atoms with Crippen LogP contribution in [0.1, 0.15) is 24.8 Å². The molecule has 0 bridgehead atoms. The largest absolute Gasteiger partial charge is 0.445 e. The number of carbonyl (C=O) groups excluding carboxylic acids is 1. The van der Waals surface area contributed by atoms with E-state index in [2.05, 4.69) is 5.32 Å². The van der Waals surface area contributed by atoms with Crippen LogP contribution >= 0.6 is 0 Å². The lowest BCUT2D eigenvalue weighted by Crippen LogP contribution is -2.33. The van der Waals surface area contributed by atoms with Crippen molar-refractivity contribution >= 4 is 16.3 Å². The summed E-state index contributed by atoms with van der Waals surface area (Å²) >= 11 is 0. The summed E-state index contributed by atoms with van der Waals surface area (Å²) in [4.78, 5) is 11.6. The zero-order valence-corrected chi connectivity index (χ0v) is 12.3. The van der Waals surface area contributed by atoms with E-state index in [1.165, 1.54) is 0 Å². The SMILES string of the molecule is O=C(NC1CCC(CS(=O)(=O)F)C1)OCc1ccccc1. The number of ether oxygens (including phenoxy) is 1. The van der Waals surface area contributed by atoms with Crippen LogP contribution in [0.2, 0.25) is 0 Å². The number of nitrogens with one attached hydrogen (secondary N) is 1. The monoisotopic (exact) mass is 315 g/mol. The van der Waals surface area contributed by atoms with Crippen molar-refractivity contribution < 1.29 is 21.8 Å². The number of benzene rings is 1. The van der Waals surface area contributed by atoms with Crippen molar-refractivity contribution in [1.82, 2.24) is 5.32 Å². The summed E-state index contributed by atoms with van der Waals surface area (Å²) < 4.78 is 38.9. The molecule has 0 saturated heterocycles. The van der Waals surface area contributed by atoms with Crippen molar-refractivity contribution in [3.8, 4) is 0 Å². The zero-order chi connectivity index (χ0) is 15.3. The van der Waals surface area contributed by atoms with Gasteiger partial charge in [0.1, 0.15) is 6.61 Å². The van der Waals surface area contributed by atoms with Gasteiger partial charge in [0.2, 0.25) is 0 Å². The first kappa shape index (κ1) is 15.8. The van der Waals surface area contributed by atoms with Crippen LogP contribution in [0.25, 0.3) is 0 Å². The summed E-state index contributed by atoms with van der Waals surface area (Å²) in [6.07, 6.45) is 1.16. The lowest BCUT2D eigenvalue weighted by atomic mass is 10.1. The van der Waals surface area contributed by atoms with E-state index in [0.717, 1.165) is 5.56 Å². The normalized spacial score (nSPS) is 22.0. The van der Waals surface area contributed by atoms with Gasteiger partial charge in [-0.3, -0.25) is 0 Å². The molecule has 1 aromatic carbocycles. The fraction of sp³-hybridized carbons (Fsp3) is 0.500. The molecular formula is C14H18FNO4S. The van der Waals surface area contributed by atoms with E-state index in [-0.39, 0.29) is 18.6 Å². The molecular weight excluding hydrogens is 297 g/mol. The minimum Gasteiger partial charge on any atom is -0.445 e. The lowest BCUT2D eigenvalue weighted by Gasteiger charge is -2.13. The quantitative estimate of drug-likeness (QED) is 0.847. The highest BCUT2D eigenvalue weighted by Gasteiger charge is 2.29. The molecule has 2 unspecified atom stereocenters. The Kier molecular flexibility index (Phi) is 5.17. The molecule has 1 aliphatic carbocycles. The molecule has 5 nitrogen and oxygen atoms in total. The number of rotatable bonds is 5. The predicted octanol–water partition coefficient (Wildman–Crippen LogP) is 2.38. The van der Waals surface area contributed by atoms with Crippen molar-refractivity contribution in [3.05, 3.63) is 35.9 Å². The summed E-state index contributed by atoms with van der Waals surface area (Å²) in [5, 5.41) is 2.69. The topological polar surface area (TPSA) is 72.5 Å². The smallest absolute Gasteiger partial charge is 0.407 e. The molecule has 116 valence electrons. The Hall–Kier alpha value is -1.63. The maximum Gasteiger partial charge on any atom is 0.407 e. The molecule has 0 radical (unpaired) electrons. The van der Waals surface area contributed by atoms with Gasteiger partial charge in [-0.1, -0.05) is 30.3 Å². The molecule has 0 aromatic heterocycles. The first-order chi connectivity index (χ1) is 9.92. The standard InChI is InChI=1S/C14H18FNO4S/c15-21(18,19)10-12-6-7-13(8-12)16-14(17)20-9-11-4-2-1-3-5-11/h1-5,12-13H,6-10H2,(H,16,17). The van der Waals surface area contributed by atoms with Crippen LogP contribution in [0.4, 0.5) is 8.68 Å². The molecule has 1 saturated carbocycles. The molecule has 1 aromatic rings. The summed E-state index contributed by atoms with van der Waals surface area (Å²) in [7, 11) is -4.45. The molecule has 2 rings (SSSR count). The minimum absolute atomic E-state index is 0.153. The van der Waals surface area contributed by atoms with Gasteiger partial charge in [-0.25, -0.2) is 4.79 Å². The Morgan fingerprint density at radius 1 is 1.29 bits per heavy atom. The van der Waals surface area contributed by atoms with Gasteiger partial charge in [0.05, 0.1) is 5.75 Å². The maximum atomic E-state index is 12.6. The van der Waals surface area contributed by atoms with Crippen LogP contribution in [0.3, 0.4) is 0 Å². The van der Waals surface area contributed by atoms with Gasteiger partial charge in [0, 0.05) is 6.04 Å². The molecule has 21 heavy (non-hydrogen) atoms. The number of hydrogen-bond acceptors (Lipinski definition) is 4. The van der Waals surface area contributed by atoms with Gasteiger partial charge in [-0.15, -0.1) is 3.89 Å². The van der Waals surface area contributed by atoms with Crippen LogP contribution in [-0.2, 0) is 21.6 Å². The average Bonchev–Trinajstić information content (AvgIpc) is 2.82. The fourth-order valence-corrected chi connectivity index (χ4v) is 3.44. The molecule has 2 atom stereocenters. The lowest BCUT2D eigenvalue weighted by molar-refractivity contribution is 0.135. The van der Waals surface area contributed by atoms with E-state index in [1.807, 2.05) is 30.3 Å². The predicted molar refractivity (Wildman–Crippen MR) is 75.8 cm³/mol. The summed E-state index contributed by atoms with van der Waals surface area (Å²) in [6.45, 7) is 0.182. The van der Waals surface area contributed by atoms with E-state index in [1.54, 1.807) is 0 Å². The van der Waals surface area contributed by atoms with Gasteiger partial charge >= 0.3 is 16.3 Å². The molecule has 0 spiro atoms. The van der Waals surface area contributed by atoms with Crippen molar-refractivity contribution in [3.63, 3.8) is 0 Å². The van der Waals surface area contributed by atoms with E-state index in [9.17, 15) is 17.1 Å². The Bertz CT molecular complexity index is 576. The van der Waals surface area contributed by atoms with Gasteiger partial charge in [0.15, 0.2) is 0 Å². The molecule has 1 amide bonds. The van der Waals surface area contributed by atoms with Crippen molar-refractivity contribution in [2.75, 3.05) is 5.75 Å². The van der Waals surface area contributed by atoms with Gasteiger partial charge in [0.25, 0.3) is 0 Å². The molecule has 7 heteroatoms. The number of alkyl carbamates (subject to hydrolysis) is 1. The second-order valence-corrected chi connectivity index (χ2v) is 6.70. The molecule has 0 aliphatic heterocycles. The third kappa shape index (κ3) is 5.71. The van der Waals surface area contributed by atoms with Gasteiger partial charge in [-0.05, 0) is 30.7 Å². The van der Waals surface area contributed by atoms with Gasteiger partial charge < -0.3 is 10.1 Å². The highest BCUT2D eigenvalue weighted by atomic mass is 32.3. The highest BCUT2D eigenvalue weighted by Crippen LogP contribution is 2.27. The van der Waals surface area contributed by atoms with Crippen LogP contribution < -0.4 is 5.32 Å². The Balaban J connectivity index is 1.72. The first-order valence-corrected chi connectivity index (χ1v) is 8.37. The van der Waals surface area contributed by atoms with E-state index >= 15 is 0 Å². The molecule has 1 aliphatic rings. The maximum absolute atomic E-state index is 12.6. The average molecular weight is 315 g/mol. The van der Waals surface area contributed by atoms with Crippen LogP contribution in [0, 0.1) is 5.92 Å². The van der Waals surface area contributed by atoms with E-state index in [4.69, 9.17) is 4.74 Å². The van der Waals surface area contributed by atoms with E-state index in [0.29, 0.717) is 19.3 Å². The zero-order valence-electron chi connectivity index (χ0n) is 11.5. The third-order valence-corrected chi connectivity index (χ3v) is 4.38. The van der Waals surface area contributed by atoms with Crippen LogP contribution in [0.15, 0.2) is 30.3 Å². The fourth-order valence-electron chi connectivity index (χ4n) is 2.57. The van der Waals surface area contributed by atoms with Crippen LogP contribution in [0.5, 0.6) is 0 Å². The summed E-state index contributed by atoms with van der Waals surface area (Å²) in [5.41, 5.74) is 0.889. The highest BCUT2D eigenvalue weighted by molar-refractivity contribution is 7.86. The van der Waals surface area contributed by atoms with Crippen molar-refractivity contribution in [2.24, 2.45) is 5.92 Å². The third-order valence-electron chi connectivity index (χ3n) is 3.51. The summed E-state index contributed by atoms with van der Waals surface area (Å²) in [5.74, 6) is -0.705. The minimum atomic E-state index is -4.45. The Morgan fingerprint density at radius 3 is 2.67 bits per heavy atom. The first-order valence-electron chi connectivity index (χ1n) is 6.82. The van der Waals surface area contributed by atoms with Gasteiger partial charge in [-0.2, -0.15) is 8.42 Å². The molecule has 0 heterocycles. The van der Waals surface area contributed by atoms with Crippen molar-refractivity contribution in [2.45, 2.75) is 31.9 Å². The van der Waals surface area contributed by atoms with Crippen molar-refractivity contribution in [1.29, 1.82) is 0 Å². The second kappa shape index (κ2) is 6.89. The molecule has 1 N–H and O–H groups in total. The second-order valence-electron chi connectivity index (χ2n) is 5.29.